The van der Waals surface area contributed by atoms with Gasteiger partial charge in [-0.1, -0.05) is 48.2 Å². The number of rotatable bonds is 6. The monoisotopic (exact) mass is 402 g/mol. The number of fused-ring (bicyclic) bond motifs is 3. The highest BCUT2D eigenvalue weighted by molar-refractivity contribution is 7.99. The van der Waals surface area contributed by atoms with Gasteiger partial charge < -0.3 is 14.1 Å². The number of benzene rings is 2. The Balaban J connectivity index is 1.33. The molecule has 7 heteroatoms. The summed E-state index contributed by atoms with van der Waals surface area (Å²) in [5, 5.41) is 21.6. The van der Waals surface area contributed by atoms with E-state index in [2.05, 4.69) is 44.0 Å². The number of aliphatic hydroxyl groups excluding tert-OH is 1. The standard InChI is InChI=1S/C22H18N4O2S/c27-16(14-29-22-25-24-21(28-22)15-6-5-11-23-12-15)13-26-19-9-3-1-7-17(19)18-8-2-4-10-20(18)26/h1-12,16,27H,13-14H2. The molecule has 2 aromatic carbocycles. The van der Waals surface area contributed by atoms with Gasteiger partial charge in [0, 0.05) is 40.0 Å². The van der Waals surface area contributed by atoms with E-state index in [-0.39, 0.29) is 0 Å². The van der Waals surface area contributed by atoms with Crippen molar-refractivity contribution in [1.82, 2.24) is 19.7 Å². The lowest BCUT2D eigenvalue weighted by Crippen LogP contribution is -2.18. The maximum atomic E-state index is 10.7. The van der Waals surface area contributed by atoms with Crippen molar-refractivity contribution in [1.29, 1.82) is 0 Å². The topological polar surface area (TPSA) is 77.0 Å². The molecule has 144 valence electrons. The number of para-hydroxylation sites is 2. The molecule has 0 aliphatic carbocycles. The Hall–Kier alpha value is -3.16. The predicted molar refractivity (Wildman–Crippen MR) is 114 cm³/mol. The average Bonchev–Trinajstić information content (AvgIpc) is 3.37. The molecule has 1 atom stereocenters. The van der Waals surface area contributed by atoms with Crippen LogP contribution in [0.25, 0.3) is 33.3 Å². The van der Waals surface area contributed by atoms with E-state index in [9.17, 15) is 5.11 Å². The SMILES string of the molecule is OC(CSc1nnc(-c2cccnc2)o1)Cn1c2ccccc2c2ccccc21. The summed E-state index contributed by atoms with van der Waals surface area (Å²) in [6.07, 6.45) is 2.81. The number of hydrogen-bond acceptors (Lipinski definition) is 6. The Morgan fingerprint density at radius 1 is 0.931 bits per heavy atom. The quantitative estimate of drug-likeness (QED) is 0.425. The third kappa shape index (κ3) is 3.50. The van der Waals surface area contributed by atoms with Gasteiger partial charge in [0.15, 0.2) is 0 Å². The van der Waals surface area contributed by atoms with Crippen LogP contribution in [0.5, 0.6) is 0 Å². The Kier molecular flexibility index (Phi) is 4.75. The van der Waals surface area contributed by atoms with Crippen molar-refractivity contribution < 1.29 is 9.52 Å². The highest BCUT2D eigenvalue weighted by Gasteiger charge is 2.15. The minimum Gasteiger partial charge on any atom is -0.411 e. The van der Waals surface area contributed by atoms with Crippen molar-refractivity contribution in [2.45, 2.75) is 17.9 Å². The molecule has 0 amide bonds. The van der Waals surface area contributed by atoms with E-state index in [1.807, 2.05) is 36.4 Å². The van der Waals surface area contributed by atoms with E-state index in [1.54, 1.807) is 12.4 Å². The van der Waals surface area contributed by atoms with E-state index in [0.29, 0.717) is 23.4 Å². The van der Waals surface area contributed by atoms with Crippen LogP contribution in [-0.4, -0.2) is 36.7 Å². The first-order valence-electron chi connectivity index (χ1n) is 9.30. The van der Waals surface area contributed by atoms with Crippen molar-refractivity contribution in [3.8, 4) is 11.5 Å². The smallest absolute Gasteiger partial charge is 0.276 e. The summed E-state index contributed by atoms with van der Waals surface area (Å²) in [5.74, 6) is 0.882. The van der Waals surface area contributed by atoms with E-state index in [1.165, 1.54) is 22.5 Å². The fourth-order valence-electron chi connectivity index (χ4n) is 3.50. The van der Waals surface area contributed by atoms with Crippen molar-refractivity contribution in [3.63, 3.8) is 0 Å². The maximum Gasteiger partial charge on any atom is 0.276 e. The molecule has 29 heavy (non-hydrogen) atoms. The van der Waals surface area contributed by atoms with Crippen LogP contribution < -0.4 is 0 Å². The summed E-state index contributed by atoms with van der Waals surface area (Å²) < 4.78 is 7.85. The van der Waals surface area contributed by atoms with Crippen LogP contribution in [0.3, 0.4) is 0 Å². The molecule has 0 saturated carbocycles. The molecule has 1 N–H and O–H groups in total. The molecule has 3 aromatic heterocycles. The van der Waals surface area contributed by atoms with Crippen LogP contribution in [0.15, 0.2) is 82.7 Å². The van der Waals surface area contributed by atoms with Crippen LogP contribution in [0.4, 0.5) is 0 Å². The number of aromatic nitrogens is 4. The van der Waals surface area contributed by atoms with Gasteiger partial charge in [-0.2, -0.15) is 0 Å². The zero-order valence-corrected chi connectivity index (χ0v) is 16.3. The number of pyridine rings is 1. The Bertz CT molecular complexity index is 1210. The first-order chi connectivity index (χ1) is 14.3. The zero-order valence-electron chi connectivity index (χ0n) is 15.5. The number of thioether (sulfide) groups is 1. The maximum absolute atomic E-state index is 10.7. The Morgan fingerprint density at radius 2 is 1.66 bits per heavy atom. The minimum atomic E-state index is -0.562. The highest BCUT2D eigenvalue weighted by Crippen LogP contribution is 2.29. The summed E-state index contributed by atoms with van der Waals surface area (Å²) in [6, 6.07) is 20.2. The number of aliphatic hydroxyl groups is 1. The molecule has 5 rings (SSSR count). The van der Waals surface area contributed by atoms with Crippen molar-refractivity contribution in [3.05, 3.63) is 73.1 Å². The molecule has 5 aromatic rings. The van der Waals surface area contributed by atoms with Crippen LogP contribution in [0.2, 0.25) is 0 Å². The fraction of sp³-hybridized carbons (Fsp3) is 0.136. The summed E-state index contributed by atoms with van der Waals surface area (Å²) in [7, 11) is 0. The lowest BCUT2D eigenvalue weighted by Gasteiger charge is -2.12. The van der Waals surface area contributed by atoms with Gasteiger partial charge in [-0.15, -0.1) is 10.2 Å². The predicted octanol–water partition coefficient (Wildman–Crippen LogP) is 4.39. The van der Waals surface area contributed by atoms with Crippen molar-refractivity contribution >= 4 is 33.6 Å². The highest BCUT2D eigenvalue weighted by atomic mass is 32.2. The number of hydrogen-bond donors (Lipinski definition) is 1. The molecule has 0 fully saturated rings. The van der Waals surface area contributed by atoms with Gasteiger partial charge >= 0.3 is 0 Å². The second-order valence-electron chi connectivity index (χ2n) is 6.72. The third-order valence-corrected chi connectivity index (χ3v) is 5.75. The summed E-state index contributed by atoms with van der Waals surface area (Å²) in [4.78, 5) is 4.06. The van der Waals surface area contributed by atoms with Gasteiger partial charge in [0.2, 0.25) is 5.89 Å². The first kappa shape index (κ1) is 17.9. The van der Waals surface area contributed by atoms with Gasteiger partial charge in [0.05, 0.1) is 18.2 Å². The molecular weight excluding hydrogens is 384 g/mol. The molecule has 0 aliphatic heterocycles. The molecule has 0 bridgehead atoms. The molecule has 6 nitrogen and oxygen atoms in total. The largest absolute Gasteiger partial charge is 0.411 e. The zero-order chi connectivity index (χ0) is 19.6. The minimum absolute atomic E-state index is 0.428. The summed E-state index contributed by atoms with van der Waals surface area (Å²) in [6.45, 7) is 0.491. The van der Waals surface area contributed by atoms with Crippen LogP contribution in [0.1, 0.15) is 0 Å². The second kappa shape index (κ2) is 7.69. The molecule has 0 saturated heterocycles. The second-order valence-corrected chi connectivity index (χ2v) is 7.70. The van der Waals surface area contributed by atoms with E-state index < -0.39 is 6.10 Å². The van der Waals surface area contributed by atoms with Gasteiger partial charge in [0.25, 0.3) is 5.22 Å². The molecule has 0 aliphatic rings. The van der Waals surface area contributed by atoms with Crippen LogP contribution in [0, 0.1) is 0 Å². The van der Waals surface area contributed by atoms with E-state index >= 15 is 0 Å². The van der Waals surface area contributed by atoms with Gasteiger partial charge in [-0.05, 0) is 24.3 Å². The Morgan fingerprint density at radius 3 is 2.34 bits per heavy atom. The summed E-state index contributed by atoms with van der Waals surface area (Å²) in [5.41, 5.74) is 3.02. The molecular formula is C22H18N4O2S. The molecule has 3 heterocycles. The van der Waals surface area contributed by atoms with Crippen LogP contribution >= 0.6 is 11.8 Å². The first-order valence-corrected chi connectivity index (χ1v) is 10.3. The lowest BCUT2D eigenvalue weighted by molar-refractivity contribution is 0.181. The molecule has 0 radical (unpaired) electrons. The molecule has 0 spiro atoms. The lowest BCUT2D eigenvalue weighted by atomic mass is 10.2. The molecule has 1 unspecified atom stereocenters. The normalized spacial score (nSPS) is 12.6. The third-order valence-electron chi connectivity index (χ3n) is 4.79. The van der Waals surface area contributed by atoms with Crippen LogP contribution in [-0.2, 0) is 6.54 Å². The van der Waals surface area contributed by atoms with Crippen molar-refractivity contribution in [2.75, 3.05) is 5.75 Å². The van der Waals surface area contributed by atoms with Gasteiger partial charge in [-0.25, -0.2) is 0 Å². The average molecular weight is 402 g/mol. The van der Waals surface area contributed by atoms with E-state index in [0.717, 1.165) is 16.6 Å². The van der Waals surface area contributed by atoms with Crippen molar-refractivity contribution in [2.24, 2.45) is 0 Å². The number of nitrogens with zero attached hydrogens (tertiary/aromatic N) is 4. The fourth-order valence-corrected chi connectivity index (χ4v) is 4.18. The Labute approximate surface area is 171 Å². The van der Waals surface area contributed by atoms with Gasteiger partial charge in [-0.3, -0.25) is 4.98 Å². The van der Waals surface area contributed by atoms with Gasteiger partial charge in [0.1, 0.15) is 0 Å². The van der Waals surface area contributed by atoms with E-state index in [4.69, 9.17) is 4.42 Å². The summed E-state index contributed by atoms with van der Waals surface area (Å²) >= 11 is 1.35.